The summed E-state index contributed by atoms with van der Waals surface area (Å²) in [5.41, 5.74) is 1.89. The molecular weight excluding hydrogens is 421 g/mol. The summed E-state index contributed by atoms with van der Waals surface area (Å²) >= 11 is 0. The van der Waals surface area contributed by atoms with Crippen LogP contribution in [0.3, 0.4) is 0 Å². The van der Waals surface area contributed by atoms with E-state index in [9.17, 15) is 31.9 Å². The van der Waals surface area contributed by atoms with Crippen molar-refractivity contribution >= 4 is 11.7 Å². The smallest absolute Gasteiger partial charge is 0.230 e. The maximum atomic E-state index is 13.8. The van der Waals surface area contributed by atoms with E-state index >= 15 is 0 Å². The molecule has 1 amide bonds. The number of nitrogens with one attached hydrogen (secondary N) is 1. The number of hydrogen-bond donors (Lipinski definition) is 2. The van der Waals surface area contributed by atoms with E-state index in [1.165, 1.54) is 6.07 Å². The van der Waals surface area contributed by atoms with Crippen molar-refractivity contribution in [1.29, 1.82) is 0 Å². The Morgan fingerprint density at radius 1 is 1.00 bits per heavy atom. The van der Waals surface area contributed by atoms with Gasteiger partial charge in [0.05, 0.1) is 23.5 Å². The van der Waals surface area contributed by atoms with E-state index in [0.29, 0.717) is 29.9 Å². The van der Waals surface area contributed by atoms with Crippen molar-refractivity contribution in [3.63, 3.8) is 0 Å². The molecule has 0 saturated heterocycles. The number of phenolic OH excluding ortho intramolecular Hbond substituents is 1. The lowest BCUT2D eigenvalue weighted by atomic mass is 9.91. The fourth-order valence-electron chi connectivity index (χ4n) is 3.48. The second kappa shape index (κ2) is 7.60. The van der Waals surface area contributed by atoms with Gasteiger partial charge in [0.1, 0.15) is 5.75 Å². The topological polar surface area (TPSA) is 75.1 Å². The number of halogens is 5. The summed E-state index contributed by atoms with van der Waals surface area (Å²) in [6.45, 7) is 1.55. The lowest BCUT2D eigenvalue weighted by Gasteiger charge is -2.20. The normalized spacial score (nSPS) is 12.3. The molecule has 0 atom stereocenters. The van der Waals surface area contributed by atoms with E-state index in [0.717, 1.165) is 11.1 Å². The van der Waals surface area contributed by atoms with Crippen LogP contribution in [0.2, 0.25) is 0 Å². The molecule has 0 fully saturated rings. The van der Waals surface area contributed by atoms with E-state index < -0.39 is 47.0 Å². The Bertz CT molecular complexity index is 1220. The molecule has 0 saturated carbocycles. The van der Waals surface area contributed by atoms with Crippen molar-refractivity contribution in [2.24, 2.45) is 0 Å². The van der Waals surface area contributed by atoms with Gasteiger partial charge in [-0.3, -0.25) is 4.79 Å². The molecular formula is C21H14F5N3O2. The van der Waals surface area contributed by atoms with Crippen LogP contribution >= 0.6 is 0 Å². The Hall–Kier alpha value is -3.56. The molecule has 31 heavy (non-hydrogen) atoms. The molecule has 0 radical (unpaired) electrons. The Morgan fingerprint density at radius 3 is 2.32 bits per heavy atom. The molecule has 1 aliphatic rings. The van der Waals surface area contributed by atoms with Crippen LogP contribution in [0, 0.1) is 36.0 Å². The van der Waals surface area contributed by atoms with Crippen LogP contribution in [-0.4, -0.2) is 21.0 Å². The van der Waals surface area contributed by atoms with E-state index in [1.807, 2.05) is 0 Å². The molecule has 0 aliphatic heterocycles. The van der Waals surface area contributed by atoms with Gasteiger partial charge in [0.2, 0.25) is 11.7 Å². The van der Waals surface area contributed by atoms with Gasteiger partial charge in [-0.25, -0.2) is 31.9 Å². The summed E-state index contributed by atoms with van der Waals surface area (Å²) < 4.78 is 67.5. The predicted molar refractivity (Wildman–Crippen MR) is 99.8 cm³/mol. The van der Waals surface area contributed by atoms with E-state index in [4.69, 9.17) is 0 Å². The summed E-state index contributed by atoms with van der Waals surface area (Å²) in [6, 6.07) is 4.86. The number of aromatic hydroxyl groups is 1. The molecule has 1 aromatic heterocycles. The quantitative estimate of drug-likeness (QED) is 0.369. The standard InChI is InChI=1S/C21H14F5N3O2/c1-8-21(28-13-5-2-9-6-10(30)3-4-11(9)20(13)27-8)29-14(31)7-12-15(22)17(24)19(26)18(25)16(12)23/h3-4,6,30H,2,5,7H2,1H3,(H,28,29,31). The maximum Gasteiger partial charge on any atom is 0.230 e. The van der Waals surface area contributed by atoms with Gasteiger partial charge >= 0.3 is 0 Å². The second-order valence-corrected chi connectivity index (χ2v) is 7.07. The number of amides is 1. The van der Waals surface area contributed by atoms with Gasteiger partial charge in [-0.15, -0.1) is 0 Å². The first-order valence-corrected chi connectivity index (χ1v) is 9.17. The number of aryl methyl sites for hydroxylation is 3. The molecule has 4 rings (SSSR count). The fraction of sp³-hybridized carbons (Fsp3) is 0.190. The third-order valence-corrected chi connectivity index (χ3v) is 5.01. The highest BCUT2D eigenvalue weighted by atomic mass is 19.2. The maximum absolute atomic E-state index is 13.8. The van der Waals surface area contributed by atoms with Crippen LogP contribution in [0.5, 0.6) is 5.75 Å². The average molecular weight is 435 g/mol. The Labute approximate surface area is 172 Å². The zero-order valence-corrected chi connectivity index (χ0v) is 16.0. The van der Waals surface area contributed by atoms with Crippen molar-refractivity contribution in [2.45, 2.75) is 26.2 Å². The first-order valence-electron chi connectivity index (χ1n) is 9.17. The molecule has 1 aliphatic carbocycles. The molecule has 3 aromatic rings. The van der Waals surface area contributed by atoms with Crippen molar-refractivity contribution in [3.05, 3.63) is 69.8 Å². The third kappa shape index (κ3) is 3.58. The molecule has 1 heterocycles. The van der Waals surface area contributed by atoms with Crippen molar-refractivity contribution in [2.75, 3.05) is 5.32 Å². The molecule has 0 spiro atoms. The highest BCUT2D eigenvalue weighted by Gasteiger charge is 2.27. The number of carbonyl (C=O) groups is 1. The number of fused-ring (bicyclic) bond motifs is 3. The highest BCUT2D eigenvalue weighted by molar-refractivity contribution is 5.92. The number of anilines is 1. The minimum atomic E-state index is -2.29. The summed E-state index contributed by atoms with van der Waals surface area (Å²) in [5.74, 6) is -11.5. The number of hydrogen-bond acceptors (Lipinski definition) is 4. The summed E-state index contributed by atoms with van der Waals surface area (Å²) in [5, 5.41) is 12.0. The lowest BCUT2D eigenvalue weighted by Crippen LogP contribution is -2.21. The van der Waals surface area contributed by atoms with Gasteiger partial charge in [0.25, 0.3) is 0 Å². The molecule has 0 unspecified atom stereocenters. The average Bonchev–Trinajstić information content (AvgIpc) is 2.74. The minimum absolute atomic E-state index is 0.0230. The van der Waals surface area contributed by atoms with Crippen LogP contribution < -0.4 is 5.32 Å². The van der Waals surface area contributed by atoms with E-state index in [1.54, 1.807) is 19.1 Å². The number of phenols is 1. The minimum Gasteiger partial charge on any atom is -0.508 e. The predicted octanol–water partition coefficient (Wildman–Crippen LogP) is 4.13. The number of rotatable bonds is 3. The van der Waals surface area contributed by atoms with Crippen LogP contribution in [0.1, 0.15) is 22.5 Å². The van der Waals surface area contributed by atoms with Crippen molar-refractivity contribution < 1.29 is 31.9 Å². The molecule has 2 aromatic carbocycles. The monoisotopic (exact) mass is 435 g/mol. The molecule has 2 N–H and O–H groups in total. The molecule has 0 bridgehead atoms. The van der Waals surface area contributed by atoms with Gasteiger partial charge < -0.3 is 10.4 Å². The number of benzene rings is 2. The number of carbonyl (C=O) groups excluding carboxylic acids is 1. The molecule has 5 nitrogen and oxygen atoms in total. The SMILES string of the molecule is Cc1nc2c(nc1NC(=O)Cc1c(F)c(F)c(F)c(F)c1F)CCc1cc(O)ccc1-2. The summed E-state index contributed by atoms with van der Waals surface area (Å²) in [6.07, 6.45) is -0.0297. The fourth-order valence-corrected chi connectivity index (χ4v) is 3.48. The zero-order chi connectivity index (χ0) is 22.4. The third-order valence-electron chi connectivity index (χ3n) is 5.01. The van der Waals surface area contributed by atoms with Gasteiger partial charge in [-0.2, -0.15) is 0 Å². The number of aromatic nitrogens is 2. The second-order valence-electron chi connectivity index (χ2n) is 7.07. The molecule has 160 valence electrons. The Morgan fingerprint density at radius 2 is 1.65 bits per heavy atom. The summed E-state index contributed by atoms with van der Waals surface area (Å²) in [7, 11) is 0. The first kappa shape index (κ1) is 20.7. The van der Waals surface area contributed by atoms with Crippen LogP contribution in [-0.2, 0) is 24.1 Å². The van der Waals surface area contributed by atoms with Crippen LogP contribution in [0.15, 0.2) is 18.2 Å². The first-order chi connectivity index (χ1) is 14.7. The van der Waals surface area contributed by atoms with Crippen LogP contribution in [0.25, 0.3) is 11.3 Å². The number of nitrogens with zero attached hydrogens (tertiary/aromatic N) is 2. The van der Waals surface area contributed by atoms with Gasteiger partial charge in [0, 0.05) is 11.1 Å². The van der Waals surface area contributed by atoms with Gasteiger partial charge in [-0.1, -0.05) is 0 Å². The summed E-state index contributed by atoms with van der Waals surface area (Å²) in [4.78, 5) is 21.1. The Kier molecular flexibility index (Phi) is 5.08. The largest absolute Gasteiger partial charge is 0.508 e. The van der Waals surface area contributed by atoms with E-state index in [-0.39, 0.29) is 11.6 Å². The highest BCUT2D eigenvalue weighted by Crippen LogP contribution is 2.34. The van der Waals surface area contributed by atoms with Crippen molar-refractivity contribution in [3.8, 4) is 17.0 Å². The van der Waals surface area contributed by atoms with E-state index in [2.05, 4.69) is 15.3 Å². The Balaban J connectivity index is 1.62. The lowest BCUT2D eigenvalue weighted by molar-refractivity contribution is -0.115. The zero-order valence-electron chi connectivity index (χ0n) is 16.0. The van der Waals surface area contributed by atoms with Gasteiger partial charge in [0.15, 0.2) is 29.1 Å². The van der Waals surface area contributed by atoms with Crippen LogP contribution in [0.4, 0.5) is 27.8 Å². The van der Waals surface area contributed by atoms with Crippen molar-refractivity contribution in [1.82, 2.24) is 9.97 Å². The van der Waals surface area contributed by atoms with Gasteiger partial charge in [-0.05, 0) is 43.5 Å². The molecule has 10 heteroatoms.